The first kappa shape index (κ1) is 25.7. The summed E-state index contributed by atoms with van der Waals surface area (Å²) in [7, 11) is -3.85. The van der Waals surface area contributed by atoms with Gasteiger partial charge >= 0.3 is 0 Å². The van der Waals surface area contributed by atoms with Crippen molar-refractivity contribution >= 4 is 15.7 Å². The fraction of sp³-hybridized carbons (Fsp3) is 0.435. The third-order valence-electron chi connectivity index (χ3n) is 6.24. The number of carbonyl (C=O) groups is 1. The smallest absolute Gasteiger partial charge is 0.264 e. The van der Waals surface area contributed by atoms with Gasteiger partial charge in [-0.3, -0.25) is 14.2 Å². The molecule has 1 amide bonds. The summed E-state index contributed by atoms with van der Waals surface area (Å²) < 4.78 is 29.9. The molecule has 3 aromatic rings. The molecule has 12 nitrogen and oxygen atoms in total. The summed E-state index contributed by atoms with van der Waals surface area (Å²) in [4.78, 5) is 36.7. The number of nitrogens with zero attached hydrogens (tertiary/aromatic N) is 5. The fourth-order valence-corrected chi connectivity index (χ4v) is 4.54. The number of aromatic nitrogens is 5. The fourth-order valence-electron chi connectivity index (χ4n) is 3.70. The molecule has 1 unspecified atom stereocenters. The lowest BCUT2D eigenvalue weighted by molar-refractivity contribution is -0.201. The van der Waals surface area contributed by atoms with E-state index in [1.54, 1.807) is 36.7 Å². The van der Waals surface area contributed by atoms with E-state index in [1.807, 2.05) is 0 Å². The normalized spacial score (nSPS) is 17.9. The monoisotopic (exact) mass is 516 g/mol. The topological polar surface area (TPSA) is 147 Å². The molecule has 36 heavy (non-hydrogen) atoms. The van der Waals surface area contributed by atoms with Gasteiger partial charge in [-0.2, -0.15) is 15.0 Å². The average Bonchev–Trinajstić information content (AvgIpc) is 3.41. The first-order valence-corrected chi connectivity index (χ1v) is 13.4. The molecule has 0 saturated carbocycles. The Bertz CT molecular complexity index is 1350. The summed E-state index contributed by atoms with van der Waals surface area (Å²) >= 11 is 0. The molecule has 1 N–H and O–H groups in total. The van der Waals surface area contributed by atoms with Crippen molar-refractivity contribution in [3.63, 3.8) is 0 Å². The summed E-state index contributed by atoms with van der Waals surface area (Å²) in [6, 6.07) is 8.57. The second-order valence-electron chi connectivity index (χ2n) is 8.77. The predicted molar refractivity (Wildman–Crippen MR) is 130 cm³/mol. The largest absolute Gasteiger partial charge is 0.350 e. The van der Waals surface area contributed by atoms with E-state index in [1.165, 1.54) is 28.7 Å². The summed E-state index contributed by atoms with van der Waals surface area (Å²) in [5.41, 5.74) is 3.80. The number of carbonyl (C=O) groups excluding carboxylic acids is 1. The van der Waals surface area contributed by atoms with Crippen LogP contribution in [-0.4, -0.2) is 62.8 Å². The van der Waals surface area contributed by atoms with Crippen LogP contribution >= 0.6 is 0 Å². The first-order valence-electron chi connectivity index (χ1n) is 11.5. The highest BCUT2D eigenvalue weighted by atomic mass is 32.2. The molecule has 0 radical (unpaired) electrons. The highest BCUT2D eigenvalue weighted by molar-refractivity contribution is 7.92. The molecular formula is C23H28N6O6S. The Morgan fingerprint density at radius 1 is 1.22 bits per heavy atom. The molecule has 192 valence electrons. The molecule has 0 aliphatic carbocycles. The van der Waals surface area contributed by atoms with Gasteiger partial charge in [-0.15, -0.1) is 0 Å². The number of benzene rings is 1. The highest BCUT2D eigenvalue weighted by Gasteiger charge is 2.44. The second-order valence-corrected chi connectivity index (χ2v) is 11.2. The lowest BCUT2D eigenvalue weighted by Crippen LogP contribution is -2.51. The molecule has 1 aromatic carbocycles. The number of aryl methyl sites for hydroxylation is 1. The number of hydroxylamine groups is 1. The molecule has 1 aliphatic rings. The Hall–Kier alpha value is -3.42. The quantitative estimate of drug-likeness (QED) is 0.415. The lowest BCUT2D eigenvalue weighted by atomic mass is 10.1. The SMILES string of the molecule is C[C@@](CCn1cnc(-c2ccc(-n3nccn3)cc2)cc1=O)(C(=O)NOC1CCCCO1)S(C)(=O)=O. The number of sulfone groups is 1. The van der Waals surface area contributed by atoms with Crippen LogP contribution in [-0.2, 0) is 30.8 Å². The van der Waals surface area contributed by atoms with Crippen LogP contribution in [0.5, 0.6) is 0 Å². The van der Waals surface area contributed by atoms with Gasteiger partial charge in [0.2, 0.25) is 0 Å². The molecule has 1 fully saturated rings. The maximum absolute atomic E-state index is 12.8. The van der Waals surface area contributed by atoms with Gasteiger partial charge in [0, 0.05) is 37.5 Å². The molecule has 0 bridgehead atoms. The molecule has 4 rings (SSSR count). The van der Waals surface area contributed by atoms with E-state index in [2.05, 4.69) is 20.7 Å². The van der Waals surface area contributed by atoms with Crippen LogP contribution in [0, 0.1) is 0 Å². The van der Waals surface area contributed by atoms with Crippen molar-refractivity contribution in [2.24, 2.45) is 0 Å². The minimum absolute atomic E-state index is 0.0348. The van der Waals surface area contributed by atoms with E-state index in [9.17, 15) is 18.0 Å². The summed E-state index contributed by atoms with van der Waals surface area (Å²) in [6.07, 6.45) is 7.11. The first-order chi connectivity index (χ1) is 17.2. The van der Waals surface area contributed by atoms with E-state index < -0.39 is 26.8 Å². The van der Waals surface area contributed by atoms with E-state index in [-0.39, 0.29) is 18.5 Å². The molecule has 2 atom stereocenters. The van der Waals surface area contributed by atoms with Crippen LogP contribution in [0.15, 0.2) is 53.8 Å². The third-order valence-corrected chi connectivity index (χ3v) is 8.27. The van der Waals surface area contributed by atoms with Crippen LogP contribution in [0.1, 0.15) is 32.6 Å². The highest BCUT2D eigenvalue weighted by Crippen LogP contribution is 2.23. The summed E-state index contributed by atoms with van der Waals surface area (Å²) in [5, 5.41) is 8.14. The molecule has 13 heteroatoms. The van der Waals surface area contributed by atoms with Gasteiger partial charge < -0.3 is 4.74 Å². The number of hydrogen-bond acceptors (Lipinski definition) is 9. The van der Waals surface area contributed by atoms with Crippen molar-refractivity contribution in [2.75, 3.05) is 12.9 Å². The molecule has 1 aliphatic heterocycles. The Labute approximate surface area is 208 Å². The van der Waals surface area contributed by atoms with E-state index >= 15 is 0 Å². The Morgan fingerprint density at radius 3 is 2.56 bits per heavy atom. The van der Waals surface area contributed by atoms with Crippen molar-refractivity contribution in [1.82, 2.24) is 30.0 Å². The molecule has 0 spiro atoms. The van der Waals surface area contributed by atoms with Crippen molar-refractivity contribution < 1.29 is 22.8 Å². The zero-order valence-electron chi connectivity index (χ0n) is 20.0. The van der Waals surface area contributed by atoms with Gasteiger partial charge in [-0.1, -0.05) is 12.1 Å². The van der Waals surface area contributed by atoms with Crippen LogP contribution in [0.2, 0.25) is 0 Å². The number of nitrogens with one attached hydrogen (secondary N) is 1. The minimum atomic E-state index is -3.85. The van der Waals surface area contributed by atoms with Gasteiger partial charge in [-0.05, 0) is 38.3 Å². The molecular weight excluding hydrogens is 488 g/mol. The lowest BCUT2D eigenvalue weighted by Gasteiger charge is -2.28. The predicted octanol–water partition coefficient (Wildman–Crippen LogP) is 1.26. The van der Waals surface area contributed by atoms with Crippen LogP contribution < -0.4 is 11.0 Å². The molecule has 1 saturated heterocycles. The van der Waals surface area contributed by atoms with Crippen molar-refractivity contribution in [3.05, 3.63) is 59.4 Å². The van der Waals surface area contributed by atoms with E-state index in [0.29, 0.717) is 18.7 Å². The molecule has 3 heterocycles. The van der Waals surface area contributed by atoms with Gasteiger partial charge in [0.25, 0.3) is 11.5 Å². The van der Waals surface area contributed by atoms with Crippen LogP contribution in [0.4, 0.5) is 0 Å². The Kier molecular flexibility index (Phi) is 7.62. The van der Waals surface area contributed by atoms with Gasteiger partial charge in [0.05, 0.1) is 30.1 Å². The van der Waals surface area contributed by atoms with Crippen molar-refractivity contribution in [2.45, 2.75) is 50.2 Å². The number of rotatable bonds is 9. The maximum atomic E-state index is 12.8. The van der Waals surface area contributed by atoms with Gasteiger partial charge in [0.15, 0.2) is 20.9 Å². The maximum Gasteiger partial charge on any atom is 0.264 e. The molecule has 2 aromatic heterocycles. The Morgan fingerprint density at radius 2 is 1.94 bits per heavy atom. The zero-order chi connectivity index (χ0) is 25.8. The van der Waals surface area contributed by atoms with E-state index in [4.69, 9.17) is 9.57 Å². The zero-order valence-corrected chi connectivity index (χ0v) is 20.8. The van der Waals surface area contributed by atoms with Crippen molar-refractivity contribution in [1.29, 1.82) is 0 Å². The Balaban J connectivity index is 1.44. The van der Waals surface area contributed by atoms with Gasteiger partial charge in [-0.25, -0.2) is 23.7 Å². The van der Waals surface area contributed by atoms with Crippen LogP contribution in [0.3, 0.4) is 0 Å². The van der Waals surface area contributed by atoms with E-state index in [0.717, 1.165) is 30.3 Å². The average molecular weight is 517 g/mol. The standard InChI is InChI=1S/C23H28N6O6S/c1-23(36(2,32)33,22(31)27-35-21-5-3-4-14-34-21)10-13-28-16-24-19(15-20(28)30)17-6-8-18(9-7-17)29-25-11-12-26-29/h6-9,11-12,15-16,21H,3-5,10,13-14H2,1-2H3,(H,27,31)/t21?,23-/m1/s1. The summed E-state index contributed by atoms with van der Waals surface area (Å²) in [5.74, 6) is -0.816. The van der Waals surface area contributed by atoms with Crippen LogP contribution in [0.25, 0.3) is 16.9 Å². The number of hydrogen-bond donors (Lipinski definition) is 1. The third kappa shape index (κ3) is 5.69. The number of ether oxygens (including phenoxy) is 1. The van der Waals surface area contributed by atoms with Gasteiger partial charge in [0.1, 0.15) is 0 Å². The van der Waals surface area contributed by atoms with Crippen molar-refractivity contribution in [3.8, 4) is 16.9 Å². The minimum Gasteiger partial charge on any atom is -0.350 e. The number of amides is 1. The summed E-state index contributed by atoms with van der Waals surface area (Å²) in [6.45, 7) is 1.79. The second kappa shape index (κ2) is 10.7.